The van der Waals surface area contributed by atoms with Gasteiger partial charge in [-0.3, -0.25) is 9.36 Å². The van der Waals surface area contributed by atoms with Crippen molar-refractivity contribution < 1.29 is 9.53 Å². The van der Waals surface area contributed by atoms with Crippen LogP contribution >= 0.6 is 11.3 Å². The molecule has 112 valence electrons. The van der Waals surface area contributed by atoms with Gasteiger partial charge in [0.15, 0.2) is 0 Å². The monoisotopic (exact) mass is 314 g/mol. The highest BCUT2D eigenvalue weighted by Gasteiger charge is 2.19. The molecule has 0 spiro atoms. The van der Waals surface area contributed by atoms with Gasteiger partial charge in [0.2, 0.25) is 0 Å². The zero-order valence-electron chi connectivity index (χ0n) is 12.2. The number of thiophene rings is 1. The standard InChI is InChI=1S/C16H14N2O3S/c1-10-12-14(22-13(10)16(20)21-2)17-9-18(15(12)19)8-11-6-4-3-5-7-11/h3-7,9H,8H2,1-2H3. The van der Waals surface area contributed by atoms with Crippen molar-refractivity contribution in [1.82, 2.24) is 9.55 Å². The summed E-state index contributed by atoms with van der Waals surface area (Å²) < 4.78 is 6.30. The predicted molar refractivity (Wildman–Crippen MR) is 85.5 cm³/mol. The summed E-state index contributed by atoms with van der Waals surface area (Å²) in [6.07, 6.45) is 1.52. The minimum absolute atomic E-state index is 0.141. The second-order valence-electron chi connectivity index (χ2n) is 4.89. The molecule has 2 heterocycles. The number of nitrogens with zero attached hydrogens (tertiary/aromatic N) is 2. The van der Waals surface area contributed by atoms with E-state index in [1.165, 1.54) is 24.8 Å². The number of hydrogen-bond acceptors (Lipinski definition) is 5. The van der Waals surface area contributed by atoms with Gasteiger partial charge in [0.25, 0.3) is 5.56 Å². The number of fused-ring (bicyclic) bond motifs is 1. The Morgan fingerprint density at radius 3 is 2.73 bits per heavy atom. The summed E-state index contributed by atoms with van der Waals surface area (Å²) in [7, 11) is 1.33. The molecule has 0 aliphatic carbocycles. The van der Waals surface area contributed by atoms with E-state index in [9.17, 15) is 9.59 Å². The summed E-state index contributed by atoms with van der Waals surface area (Å²) in [6, 6.07) is 9.70. The third-order valence-electron chi connectivity index (χ3n) is 3.48. The van der Waals surface area contributed by atoms with Crippen molar-refractivity contribution in [3.63, 3.8) is 0 Å². The van der Waals surface area contributed by atoms with Crippen molar-refractivity contribution in [3.8, 4) is 0 Å². The number of aryl methyl sites for hydroxylation is 1. The van der Waals surface area contributed by atoms with Crippen LogP contribution in [0.15, 0.2) is 41.5 Å². The van der Waals surface area contributed by atoms with E-state index in [0.29, 0.717) is 27.2 Å². The molecule has 6 heteroatoms. The lowest BCUT2D eigenvalue weighted by atomic mass is 10.2. The molecule has 0 saturated carbocycles. The van der Waals surface area contributed by atoms with Gasteiger partial charge in [-0.1, -0.05) is 30.3 Å². The summed E-state index contributed by atoms with van der Waals surface area (Å²) in [6.45, 7) is 2.20. The Kier molecular flexibility index (Phi) is 3.77. The Bertz CT molecular complexity index is 897. The van der Waals surface area contributed by atoms with Gasteiger partial charge in [-0.2, -0.15) is 0 Å². The maximum absolute atomic E-state index is 12.7. The minimum Gasteiger partial charge on any atom is -0.465 e. The highest BCUT2D eigenvalue weighted by Crippen LogP contribution is 2.27. The number of benzene rings is 1. The Morgan fingerprint density at radius 1 is 1.32 bits per heavy atom. The molecule has 5 nitrogen and oxygen atoms in total. The summed E-state index contributed by atoms with van der Waals surface area (Å²) in [5.41, 5.74) is 1.51. The van der Waals surface area contributed by atoms with Crippen molar-refractivity contribution in [2.45, 2.75) is 13.5 Å². The van der Waals surface area contributed by atoms with Gasteiger partial charge in [0.1, 0.15) is 9.71 Å². The predicted octanol–water partition coefficient (Wildman–Crippen LogP) is 2.60. The van der Waals surface area contributed by atoms with E-state index in [-0.39, 0.29) is 5.56 Å². The molecule has 3 rings (SSSR count). The Hall–Kier alpha value is -2.47. The summed E-state index contributed by atoms with van der Waals surface area (Å²) in [5, 5.41) is 0.490. The SMILES string of the molecule is COC(=O)c1sc2ncn(Cc3ccccc3)c(=O)c2c1C. The van der Waals surface area contributed by atoms with Crippen LogP contribution in [0.25, 0.3) is 10.2 Å². The topological polar surface area (TPSA) is 61.2 Å². The third-order valence-corrected chi connectivity index (χ3v) is 4.66. The number of carbonyl (C=O) groups excluding carboxylic acids is 1. The van der Waals surface area contributed by atoms with E-state index in [2.05, 4.69) is 4.98 Å². The number of rotatable bonds is 3. The molecule has 0 atom stereocenters. The quantitative estimate of drug-likeness (QED) is 0.697. The van der Waals surface area contributed by atoms with Crippen LogP contribution in [0.2, 0.25) is 0 Å². The van der Waals surface area contributed by atoms with Crippen LogP contribution in [0, 0.1) is 6.92 Å². The molecule has 0 N–H and O–H groups in total. The van der Waals surface area contributed by atoms with Crippen LogP contribution in [-0.4, -0.2) is 22.6 Å². The fraction of sp³-hybridized carbons (Fsp3) is 0.188. The van der Waals surface area contributed by atoms with Crippen LogP contribution in [0.4, 0.5) is 0 Å². The average molecular weight is 314 g/mol. The second kappa shape index (κ2) is 5.73. The van der Waals surface area contributed by atoms with Crippen molar-refractivity contribution >= 4 is 27.5 Å². The van der Waals surface area contributed by atoms with Crippen LogP contribution in [-0.2, 0) is 11.3 Å². The van der Waals surface area contributed by atoms with E-state index < -0.39 is 5.97 Å². The molecule has 22 heavy (non-hydrogen) atoms. The maximum atomic E-state index is 12.7. The summed E-state index contributed by atoms with van der Waals surface area (Å²) >= 11 is 1.19. The van der Waals surface area contributed by atoms with E-state index in [1.54, 1.807) is 11.5 Å². The number of aromatic nitrogens is 2. The van der Waals surface area contributed by atoms with E-state index in [0.717, 1.165) is 5.56 Å². The molecule has 2 aromatic heterocycles. The lowest BCUT2D eigenvalue weighted by molar-refractivity contribution is 0.0605. The Labute approximate surface area is 130 Å². The van der Waals surface area contributed by atoms with Crippen LogP contribution in [0.3, 0.4) is 0 Å². The summed E-state index contributed by atoms with van der Waals surface area (Å²) in [5.74, 6) is -0.436. The van der Waals surface area contributed by atoms with Crippen molar-refractivity contribution in [1.29, 1.82) is 0 Å². The van der Waals surface area contributed by atoms with E-state index in [4.69, 9.17) is 4.74 Å². The summed E-state index contributed by atoms with van der Waals surface area (Å²) in [4.78, 5) is 29.7. The van der Waals surface area contributed by atoms with Gasteiger partial charge in [0.05, 0.1) is 25.4 Å². The maximum Gasteiger partial charge on any atom is 0.348 e. The zero-order chi connectivity index (χ0) is 15.7. The molecule has 0 radical (unpaired) electrons. The fourth-order valence-corrected chi connectivity index (χ4v) is 3.40. The lowest BCUT2D eigenvalue weighted by Gasteiger charge is -2.05. The largest absolute Gasteiger partial charge is 0.465 e. The van der Waals surface area contributed by atoms with E-state index in [1.807, 2.05) is 30.3 Å². The number of methoxy groups -OCH3 is 1. The zero-order valence-corrected chi connectivity index (χ0v) is 13.0. The number of esters is 1. The molecule has 1 aromatic carbocycles. The van der Waals surface area contributed by atoms with Crippen molar-refractivity contribution in [3.05, 3.63) is 63.0 Å². The van der Waals surface area contributed by atoms with Crippen LogP contribution < -0.4 is 5.56 Å². The fourth-order valence-electron chi connectivity index (χ4n) is 2.34. The molecule has 0 unspecified atom stereocenters. The van der Waals surface area contributed by atoms with Crippen molar-refractivity contribution in [2.24, 2.45) is 0 Å². The molecular weight excluding hydrogens is 300 g/mol. The molecule has 0 saturated heterocycles. The van der Waals surface area contributed by atoms with Gasteiger partial charge in [-0.15, -0.1) is 11.3 Å². The number of hydrogen-bond donors (Lipinski definition) is 0. The van der Waals surface area contributed by atoms with Crippen LogP contribution in [0.1, 0.15) is 20.8 Å². The first-order valence-electron chi connectivity index (χ1n) is 6.72. The average Bonchev–Trinajstić information content (AvgIpc) is 2.88. The van der Waals surface area contributed by atoms with Gasteiger partial charge < -0.3 is 4.74 Å². The molecule has 0 aliphatic rings. The smallest absolute Gasteiger partial charge is 0.348 e. The first-order valence-corrected chi connectivity index (χ1v) is 7.54. The molecule has 0 amide bonds. The first-order chi connectivity index (χ1) is 10.6. The van der Waals surface area contributed by atoms with Crippen molar-refractivity contribution in [2.75, 3.05) is 7.11 Å². The molecule has 0 bridgehead atoms. The highest BCUT2D eigenvalue weighted by atomic mass is 32.1. The number of ether oxygens (including phenoxy) is 1. The second-order valence-corrected chi connectivity index (χ2v) is 5.89. The lowest BCUT2D eigenvalue weighted by Crippen LogP contribution is -2.21. The van der Waals surface area contributed by atoms with Crippen LogP contribution in [0.5, 0.6) is 0 Å². The molecule has 0 aliphatic heterocycles. The Balaban J connectivity index is 2.11. The van der Waals surface area contributed by atoms with Gasteiger partial charge >= 0.3 is 5.97 Å². The Morgan fingerprint density at radius 2 is 2.05 bits per heavy atom. The van der Waals surface area contributed by atoms with Gasteiger partial charge in [-0.25, -0.2) is 9.78 Å². The number of carbonyl (C=O) groups is 1. The molecular formula is C16H14N2O3S. The third kappa shape index (κ3) is 2.42. The van der Waals surface area contributed by atoms with E-state index >= 15 is 0 Å². The van der Waals surface area contributed by atoms with Gasteiger partial charge in [0, 0.05) is 0 Å². The van der Waals surface area contributed by atoms with Gasteiger partial charge in [-0.05, 0) is 18.1 Å². The molecule has 3 aromatic rings. The minimum atomic E-state index is -0.436. The highest BCUT2D eigenvalue weighted by molar-refractivity contribution is 7.20. The normalized spacial score (nSPS) is 10.8. The first kappa shape index (κ1) is 14.5. The molecule has 0 fully saturated rings.